The van der Waals surface area contributed by atoms with E-state index in [0.717, 1.165) is 10.0 Å². The Balaban J connectivity index is 2.42. The molecule has 82 valence electrons. The number of halogens is 2. The van der Waals surface area contributed by atoms with Crippen molar-refractivity contribution < 1.29 is 9.62 Å². The second-order valence-electron chi connectivity index (χ2n) is 3.07. The second-order valence-corrected chi connectivity index (χ2v) is 4.39. The smallest absolute Gasteiger partial charge is 0.149 e. The van der Waals surface area contributed by atoms with E-state index < -0.39 is 0 Å². The van der Waals surface area contributed by atoms with Crippen LogP contribution in [0, 0.1) is 0 Å². The Labute approximate surface area is 105 Å². The van der Waals surface area contributed by atoms with Crippen LogP contribution in [0.2, 0.25) is 5.02 Å². The largest absolute Gasteiger partial charge is 0.455 e. The van der Waals surface area contributed by atoms with E-state index >= 15 is 0 Å². The summed E-state index contributed by atoms with van der Waals surface area (Å²) in [4.78, 5) is 0. The lowest BCUT2D eigenvalue weighted by molar-refractivity contribution is 0.321. The van der Waals surface area contributed by atoms with Gasteiger partial charge in [-0.05, 0) is 30.3 Å². The third kappa shape index (κ3) is 2.28. The minimum Gasteiger partial charge on any atom is -0.455 e. The van der Waals surface area contributed by atoms with Crippen LogP contribution < -0.4 is 0 Å². The minimum absolute atomic E-state index is 0.469. The first-order chi connectivity index (χ1) is 7.70. The van der Waals surface area contributed by atoms with E-state index in [0.29, 0.717) is 16.5 Å². The molecule has 0 saturated heterocycles. The fourth-order valence-electron chi connectivity index (χ4n) is 1.31. The van der Waals surface area contributed by atoms with Crippen LogP contribution in [0.15, 0.2) is 44.4 Å². The molecule has 0 aliphatic carbocycles. The average molecular weight is 301 g/mol. The van der Waals surface area contributed by atoms with E-state index in [2.05, 4.69) is 21.1 Å². The molecule has 16 heavy (non-hydrogen) atoms. The van der Waals surface area contributed by atoms with E-state index in [9.17, 15) is 0 Å². The normalized spacial score (nSPS) is 11.1. The van der Waals surface area contributed by atoms with Gasteiger partial charge in [-0.15, -0.1) is 0 Å². The maximum absolute atomic E-state index is 8.37. The molecule has 1 heterocycles. The van der Waals surface area contributed by atoms with Crippen molar-refractivity contribution in [3.63, 3.8) is 0 Å². The molecule has 0 bridgehead atoms. The molecule has 5 heteroatoms. The molecule has 0 unspecified atom stereocenters. The number of hydrogen-bond acceptors (Lipinski definition) is 3. The summed E-state index contributed by atoms with van der Waals surface area (Å²) in [6, 6.07) is 8.99. The van der Waals surface area contributed by atoms with E-state index in [1.54, 1.807) is 18.2 Å². The third-order valence-electron chi connectivity index (χ3n) is 2.01. The van der Waals surface area contributed by atoms with Gasteiger partial charge in [-0.1, -0.05) is 32.7 Å². The quantitative estimate of drug-likeness (QED) is 0.514. The Kier molecular flexibility index (Phi) is 3.31. The number of oxime groups is 1. The van der Waals surface area contributed by atoms with Crippen LogP contribution >= 0.6 is 27.5 Å². The Morgan fingerprint density at radius 2 is 2.12 bits per heavy atom. The Hall–Kier alpha value is -1.26. The van der Waals surface area contributed by atoms with Crippen LogP contribution in [0.1, 0.15) is 5.76 Å². The minimum atomic E-state index is 0.469. The zero-order chi connectivity index (χ0) is 11.5. The molecule has 0 saturated carbocycles. The van der Waals surface area contributed by atoms with E-state index in [1.807, 2.05) is 12.1 Å². The number of hydrogen-bond donors (Lipinski definition) is 1. The van der Waals surface area contributed by atoms with Crippen LogP contribution in [0.3, 0.4) is 0 Å². The maximum Gasteiger partial charge on any atom is 0.149 e. The lowest BCUT2D eigenvalue weighted by Gasteiger charge is -2.00. The van der Waals surface area contributed by atoms with Crippen molar-refractivity contribution in [2.75, 3.05) is 0 Å². The van der Waals surface area contributed by atoms with Gasteiger partial charge >= 0.3 is 0 Å². The zero-order valence-electron chi connectivity index (χ0n) is 8.02. The topological polar surface area (TPSA) is 45.7 Å². The van der Waals surface area contributed by atoms with Crippen LogP contribution in [-0.4, -0.2) is 11.4 Å². The van der Waals surface area contributed by atoms with Gasteiger partial charge < -0.3 is 9.62 Å². The standard InChI is InChI=1S/C11H7BrClNO2/c12-7-1-3-9(10(13)5-7)11-4-2-8(16-11)6-14-15/h1-6,15H/b14-6-. The fourth-order valence-corrected chi connectivity index (χ4v) is 2.08. The summed E-state index contributed by atoms with van der Waals surface area (Å²) in [5.74, 6) is 1.10. The highest BCUT2D eigenvalue weighted by atomic mass is 79.9. The maximum atomic E-state index is 8.37. The number of nitrogens with zero attached hydrogens (tertiary/aromatic N) is 1. The van der Waals surface area contributed by atoms with Crippen LogP contribution in [0.25, 0.3) is 11.3 Å². The molecule has 2 rings (SSSR count). The van der Waals surface area contributed by atoms with Gasteiger partial charge in [0, 0.05) is 10.0 Å². The van der Waals surface area contributed by atoms with Gasteiger partial charge in [-0.25, -0.2) is 0 Å². The molecule has 0 aliphatic rings. The Morgan fingerprint density at radius 3 is 2.81 bits per heavy atom. The third-order valence-corrected chi connectivity index (χ3v) is 2.81. The van der Waals surface area contributed by atoms with Crippen molar-refractivity contribution in [1.82, 2.24) is 0 Å². The molecular weight excluding hydrogens is 293 g/mol. The molecule has 0 radical (unpaired) electrons. The average Bonchev–Trinajstić information content (AvgIpc) is 2.67. The Bertz CT molecular complexity index is 537. The van der Waals surface area contributed by atoms with Crippen LogP contribution in [0.5, 0.6) is 0 Å². The first kappa shape index (κ1) is 11.2. The summed E-state index contributed by atoms with van der Waals surface area (Å²) in [6.45, 7) is 0. The van der Waals surface area contributed by atoms with Gasteiger partial charge in [0.2, 0.25) is 0 Å². The summed E-state index contributed by atoms with van der Waals surface area (Å²) in [6.07, 6.45) is 1.22. The first-order valence-electron chi connectivity index (χ1n) is 4.43. The van der Waals surface area contributed by atoms with Gasteiger partial charge in [0.25, 0.3) is 0 Å². The number of furan rings is 1. The fraction of sp³-hybridized carbons (Fsp3) is 0. The molecule has 1 N–H and O–H groups in total. The molecule has 0 fully saturated rings. The van der Waals surface area contributed by atoms with Crippen molar-refractivity contribution in [2.45, 2.75) is 0 Å². The van der Waals surface area contributed by atoms with Crippen LogP contribution in [0.4, 0.5) is 0 Å². The zero-order valence-corrected chi connectivity index (χ0v) is 10.4. The van der Waals surface area contributed by atoms with Crippen molar-refractivity contribution >= 4 is 33.7 Å². The highest BCUT2D eigenvalue weighted by Gasteiger charge is 2.08. The summed E-state index contributed by atoms with van der Waals surface area (Å²) in [5.41, 5.74) is 0.794. The predicted octanol–water partition coefficient (Wildman–Crippen LogP) is 4.17. The van der Waals surface area contributed by atoms with Crippen molar-refractivity contribution in [3.05, 3.63) is 45.6 Å². The molecule has 1 aromatic heterocycles. The number of benzene rings is 1. The van der Waals surface area contributed by atoms with E-state index in [4.69, 9.17) is 21.2 Å². The highest BCUT2D eigenvalue weighted by Crippen LogP contribution is 2.31. The van der Waals surface area contributed by atoms with E-state index in [-0.39, 0.29) is 0 Å². The second kappa shape index (κ2) is 4.72. The molecule has 0 atom stereocenters. The van der Waals surface area contributed by atoms with Crippen molar-refractivity contribution in [1.29, 1.82) is 0 Å². The highest BCUT2D eigenvalue weighted by molar-refractivity contribution is 9.10. The summed E-state index contributed by atoms with van der Waals surface area (Å²) < 4.78 is 6.33. The summed E-state index contributed by atoms with van der Waals surface area (Å²) >= 11 is 9.41. The van der Waals surface area contributed by atoms with Crippen LogP contribution in [-0.2, 0) is 0 Å². The predicted molar refractivity (Wildman–Crippen MR) is 66.2 cm³/mol. The molecule has 3 nitrogen and oxygen atoms in total. The Morgan fingerprint density at radius 1 is 1.31 bits per heavy atom. The molecule has 0 aliphatic heterocycles. The molecule has 1 aromatic carbocycles. The molecular formula is C11H7BrClNO2. The van der Waals surface area contributed by atoms with Gasteiger partial charge in [-0.2, -0.15) is 0 Å². The molecule has 0 amide bonds. The van der Waals surface area contributed by atoms with Gasteiger partial charge in [0.15, 0.2) is 0 Å². The molecule has 0 spiro atoms. The van der Waals surface area contributed by atoms with Crippen molar-refractivity contribution in [3.8, 4) is 11.3 Å². The SMILES string of the molecule is O/N=C\c1ccc(-c2ccc(Br)cc2Cl)o1. The van der Waals surface area contributed by atoms with Gasteiger partial charge in [-0.3, -0.25) is 0 Å². The summed E-state index contributed by atoms with van der Waals surface area (Å²) in [7, 11) is 0. The number of rotatable bonds is 2. The lowest BCUT2D eigenvalue weighted by atomic mass is 10.2. The lowest BCUT2D eigenvalue weighted by Crippen LogP contribution is -1.77. The first-order valence-corrected chi connectivity index (χ1v) is 5.60. The van der Waals surface area contributed by atoms with Gasteiger partial charge in [0.05, 0.1) is 5.02 Å². The summed E-state index contributed by atoms with van der Waals surface area (Å²) in [5, 5.41) is 11.9. The van der Waals surface area contributed by atoms with E-state index in [1.165, 1.54) is 6.21 Å². The van der Waals surface area contributed by atoms with Crippen molar-refractivity contribution in [2.24, 2.45) is 5.16 Å². The molecule has 2 aromatic rings. The monoisotopic (exact) mass is 299 g/mol. The van der Waals surface area contributed by atoms with Gasteiger partial charge in [0.1, 0.15) is 17.7 Å².